The Balaban J connectivity index is 2.00. The first-order valence-electron chi connectivity index (χ1n) is 6.36. The van der Waals surface area contributed by atoms with Crippen LogP contribution in [0.1, 0.15) is 27.6 Å². The quantitative estimate of drug-likeness (QED) is 0.790. The molecule has 0 saturated heterocycles. The number of ether oxygens (including phenoxy) is 2. The average molecular weight is 293 g/mol. The first-order chi connectivity index (χ1) is 9.69. The van der Waals surface area contributed by atoms with E-state index >= 15 is 0 Å². The third kappa shape index (κ3) is 2.39. The van der Waals surface area contributed by atoms with Gasteiger partial charge in [-0.3, -0.25) is 0 Å². The minimum absolute atomic E-state index is 0.323. The van der Waals surface area contributed by atoms with Crippen molar-refractivity contribution in [1.29, 1.82) is 0 Å². The molecular formula is C16H14ClFO2. The maximum absolute atomic E-state index is 13.4. The Hall–Kier alpha value is -1.58. The third-order valence-corrected chi connectivity index (χ3v) is 3.99. The number of hydrogen-bond acceptors (Lipinski definition) is 2. The van der Waals surface area contributed by atoms with Crippen LogP contribution in [-0.2, 0) is 18.0 Å². The van der Waals surface area contributed by atoms with Gasteiger partial charge in [0.1, 0.15) is 11.6 Å². The van der Waals surface area contributed by atoms with E-state index in [0.29, 0.717) is 24.5 Å². The predicted molar refractivity (Wildman–Crippen MR) is 75.6 cm³/mol. The minimum atomic E-state index is -0.452. The van der Waals surface area contributed by atoms with Crippen molar-refractivity contribution in [3.63, 3.8) is 0 Å². The summed E-state index contributed by atoms with van der Waals surface area (Å²) in [7, 11) is 1.55. The van der Waals surface area contributed by atoms with Gasteiger partial charge >= 0.3 is 0 Å². The summed E-state index contributed by atoms with van der Waals surface area (Å²) in [6.45, 7) is 1.25. The van der Waals surface area contributed by atoms with E-state index in [1.165, 1.54) is 17.7 Å². The number of hydrogen-bond donors (Lipinski definition) is 0. The van der Waals surface area contributed by atoms with Gasteiger partial charge in [0.05, 0.1) is 25.7 Å². The third-order valence-electron chi connectivity index (χ3n) is 3.50. The van der Waals surface area contributed by atoms with Crippen LogP contribution in [0.15, 0.2) is 36.4 Å². The molecule has 0 aromatic heterocycles. The summed E-state index contributed by atoms with van der Waals surface area (Å²) in [4.78, 5) is 0. The highest BCUT2D eigenvalue weighted by atomic mass is 35.5. The van der Waals surface area contributed by atoms with Gasteiger partial charge in [-0.05, 0) is 34.9 Å². The van der Waals surface area contributed by atoms with E-state index in [9.17, 15) is 4.39 Å². The zero-order valence-electron chi connectivity index (χ0n) is 11.0. The molecule has 1 aliphatic heterocycles. The van der Waals surface area contributed by atoms with Gasteiger partial charge in [0.2, 0.25) is 0 Å². The molecule has 2 aromatic rings. The maximum Gasteiger partial charge on any atom is 0.124 e. The average Bonchev–Trinajstić information content (AvgIpc) is 2.93. The van der Waals surface area contributed by atoms with Crippen molar-refractivity contribution >= 4 is 11.6 Å². The molecule has 2 nitrogen and oxygen atoms in total. The SMILES string of the molecule is COc1ccc(F)cc1C(Cl)c1ccc2c(c1)COC2. The topological polar surface area (TPSA) is 18.5 Å². The summed E-state index contributed by atoms with van der Waals surface area (Å²) in [5.41, 5.74) is 3.88. The van der Waals surface area contributed by atoms with E-state index in [2.05, 4.69) is 0 Å². The van der Waals surface area contributed by atoms with Crippen molar-refractivity contribution in [2.75, 3.05) is 7.11 Å². The molecule has 0 fully saturated rings. The summed E-state index contributed by atoms with van der Waals surface area (Å²) in [5, 5.41) is -0.452. The van der Waals surface area contributed by atoms with Crippen molar-refractivity contribution in [1.82, 2.24) is 0 Å². The molecule has 0 bridgehead atoms. The molecule has 20 heavy (non-hydrogen) atoms. The molecule has 0 amide bonds. The summed E-state index contributed by atoms with van der Waals surface area (Å²) in [6.07, 6.45) is 0. The van der Waals surface area contributed by atoms with Crippen molar-refractivity contribution in [2.45, 2.75) is 18.6 Å². The lowest BCUT2D eigenvalue weighted by Crippen LogP contribution is -1.99. The molecule has 1 aliphatic rings. The van der Waals surface area contributed by atoms with Gasteiger partial charge in [-0.2, -0.15) is 0 Å². The second-order valence-electron chi connectivity index (χ2n) is 4.77. The van der Waals surface area contributed by atoms with E-state index in [-0.39, 0.29) is 5.82 Å². The number of benzene rings is 2. The summed E-state index contributed by atoms with van der Waals surface area (Å²) >= 11 is 6.50. The fraction of sp³-hybridized carbons (Fsp3) is 0.250. The number of alkyl halides is 1. The molecule has 1 unspecified atom stereocenters. The van der Waals surface area contributed by atoms with Crippen LogP contribution in [0.5, 0.6) is 5.75 Å². The highest BCUT2D eigenvalue weighted by molar-refractivity contribution is 6.22. The second kappa shape index (κ2) is 5.43. The summed E-state index contributed by atoms with van der Waals surface area (Å²) < 4.78 is 24.1. The summed E-state index contributed by atoms with van der Waals surface area (Å²) in [5.74, 6) is 0.263. The fourth-order valence-electron chi connectivity index (χ4n) is 2.43. The van der Waals surface area contributed by atoms with Crippen molar-refractivity contribution < 1.29 is 13.9 Å². The zero-order chi connectivity index (χ0) is 14.1. The molecule has 4 heteroatoms. The molecule has 2 aromatic carbocycles. The highest BCUT2D eigenvalue weighted by Gasteiger charge is 2.19. The lowest BCUT2D eigenvalue weighted by molar-refractivity contribution is 0.134. The Labute approximate surface area is 122 Å². The molecule has 104 valence electrons. The first-order valence-corrected chi connectivity index (χ1v) is 6.79. The molecule has 0 saturated carbocycles. The molecule has 1 heterocycles. The van der Waals surface area contributed by atoms with Crippen LogP contribution < -0.4 is 4.74 Å². The highest BCUT2D eigenvalue weighted by Crippen LogP contribution is 2.36. The predicted octanol–water partition coefficient (Wildman–Crippen LogP) is 4.19. The van der Waals surface area contributed by atoms with Crippen LogP contribution in [0.3, 0.4) is 0 Å². The van der Waals surface area contributed by atoms with Crippen molar-refractivity contribution in [3.8, 4) is 5.75 Å². The lowest BCUT2D eigenvalue weighted by atomic mass is 9.99. The molecule has 0 N–H and O–H groups in total. The van der Waals surface area contributed by atoms with Gasteiger partial charge < -0.3 is 9.47 Å². The Morgan fingerprint density at radius 1 is 1.15 bits per heavy atom. The normalized spacial score (nSPS) is 14.9. The Morgan fingerprint density at radius 3 is 2.75 bits per heavy atom. The van der Waals surface area contributed by atoms with Crippen LogP contribution in [0.4, 0.5) is 4.39 Å². The molecule has 0 radical (unpaired) electrons. The summed E-state index contributed by atoms with van der Waals surface area (Å²) in [6, 6.07) is 10.4. The Morgan fingerprint density at radius 2 is 1.95 bits per heavy atom. The van der Waals surface area contributed by atoms with Crippen LogP contribution in [0, 0.1) is 5.82 Å². The monoisotopic (exact) mass is 292 g/mol. The van der Waals surface area contributed by atoms with E-state index < -0.39 is 5.38 Å². The van der Waals surface area contributed by atoms with Gasteiger partial charge in [0, 0.05) is 5.56 Å². The van der Waals surface area contributed by atoms with Gasteiger partial charge in [-0.15, -0.1) is 11.6 Å². The number of fused-ring (bicyclic) bond motifs is 1. The van der Waals surface area contributed by atoms with Gasteiger partial charge in [0.15, 0.2) is 0 Å². The Kier molecular flexibility index (Phi) is 3.64. The number of methoxy groups -OCH3 is 1. The van der Waals surface area contributed by atoms with Crippen LogP contribution in [0.2, 0.25) is 0 Å². The lowest BCUT2D eigenvalue weighted by Gasteiger charge is -2.15. The van der Waals surface area contributed by atoms with E-state index in [1.807, 2.05) is 18.2 Å². The first kappa shape index (κ1) is 13.4. The van der Waals surface area contributed by atoms with Crippen molar-refractivity contribution in [3.05, 3.63) is 64.5 Å². The smallest absolute Gasteiger partial charge is 0.124 e. The van der Waals surface area contributed by atoms with Gasteiger partial charge in [0.25, 0.3) is 0 Å². The van der Waals surface area contributed by atoms with Crippen molar-refractivity contribution in [2.24, 2.45) is 0 Å². The van der Waals surface area contributed by atoms with E-state index in [0.717, 1.165) is 11.1 Å². The molecule has 0 spiro atoms. The molecule has 0 aliphatic carbocycles. The largest absolute Gasteiger partial charge is 0.496 e. The minimum Gasteiger partial charge on any atom is -0.496 e. The van der Waals surface area contributed by atoms with Crippen LogP contribution in [0.25, 0.3) is 0 Å². The Bertz CT molecular complexity index is 642. The van der Waals surface area contributed by atoms with Crippen LogP contribution >= 0.6 is 11.6 Å². The van der Waals surface area contributed by atoms with Gasteiger partial charge in [-0.25, -0.2) is 4.39 Å². The van der Waals surface area contributed by atoms with Crippen LogP contribution in [-0.4, -0.2) is 7.11 Å². The molecular weight excluding hydrogens is 279 g/mol. The van der Waals surface area contributed by atoms with E-state index in [4.69, 9.17) is 21.1 Å². The maximum atomic E-state index is 13.4. The zero-order valence-corrected chi connectivity index (χ0v) is 11.8. The van der Waals surface area contributed by atoms with Gasteiger partial charge in [-0.1, -0.05) is 18.2 Å². The number of rotatable bonds is 3. The standard InChI is InChI=1S/C16H14ClFO2/c1-19-15-5-4-13(18)7-14(15)16(17)10-2-3-11-8-20-9-12(11)6-10/h2-7,16H,8-9H2,1H3. The second-order valence-corrected chi connectivity index (χ2v) is 5.21. The number of halogens is 2. The van der Waals surface area contributed by atoms with E-state index in [1.54, 1.807) is 13.2 Å². The molecule has 3 rings (SSSR count). The fourth-order valence-corrected chi connectivity index (χ4v) is 2.74. The molecule has 1 atom stereocenters.